The summed E-state index contributed by atoms with van der Waals surface area (Å²) in [5, 5.41) is 7.85. The van der Waals surface area contributed by atoms with Crippen LogP contribution in [0.1, 0.15) is 12.5 Å². The summed E-state index contributed by atoms with van der Waals surface area (Å²) in [7, 11) is 1.57. The molecule has 0 atom stereocenters. The molecule has 0 saturated heterocycles. The predicted octanol–water partition coefficient (Wildman–Crippen LogP) is 3.41. The molecule has 2 heterocycles. The number of hydrogen-bond donors (Lipinski definition) is 2. The van der Waals surface area contributed by atoms with E-state index in [0.29, 0.717) is 27.6 Å². The third kappa shape index (κ3) is 4.46. The maximum atomic E-state index is 12.5. The van der Waals surface area contributed by atoms with Crippen molar-refractivity contribution in [2.75, 3.05) is 18.2 Å². The largest absolute Gasteiger partial charge is 0.494 e. The van der Waals surface area contributed by atoms with Crippen molar-refractivity contribution in [3.8, 4) is 11.4 Å². The molecule has 2 aromatic carbocycles. The Bertz CT molecular complexity index is 1280. The second-order valence-electron chi connectivity index (χ2n) is 6.72. The van der Waals surface area contributed by atoms with E-state index in [1.165, 1.54) is 11.8 Å². The molecule has 0 bridgehead atoms. The van der Waals surface area contributed by atoms with Gasteiger partial charge in [0.15, 0.2) is 10.8 Å². The molecule has 1 amide bonds. The normalized spacial score (nSPS) is 10.9. The van der Waals surface area contributed by atoms with Gasteiger partial charge in [-0.25, -0.2) is 9.67 Å². The van der Waals surface area contributed by atoms with E-state index >= 15 is 0 Å². The fourth-order valence-corrected chi connectivity index (χ4v) is 3.76. The molecule has 2 aromatic heterocycles. The van der Waals surface area contributed by atoms with E-state index in [1.54, 1.807) is 11.8 Å². The van der Waals surface area contributed by atoms with E-state index in [0.717, 1.165) is 23.9 Å². The third-order valence-electron chi connectivity index (χ3n) is 4.72. The van der Waals surface area contributed by atoms with Crippen LogP contribution in [-0.2, 0) is 11.2 Å². The van der Waals surface area contributed by atoms with E-state index in [4.69, 9.17) is 4.74 Å². The van der Waals surface area contributed by atoms with Gasteiger partial charge in [-0.05, 0) is 36.2 Å². The van der Waals surface area contributed by atoms with Gasteiger partial charge in [-0.1, -0.05) is 43.0 Å². The Hall–Kier alpha value is -3.59. The molecule has 0 aliphatic carbocycles. The van der Waals surface area contributed by atoms with Gasteiger partial charge in [0.2, 0.25) is 5.91 Å². The number of H-pyrrole nitrogens is 1. The van der Waals surface area contributed by atoms with E-state index in [1.807, 2.05) is 48.5 Å². The molecule has 9 heteroatoms. The first-order chi connectivity index (χ1) is 15.1. The number of nitrogens with zero attached hydrogens (tertiary/aromatic N) is 3. The van der Waals surface area contributed by atoms with E-state index < -0.39 is 0 Å². The number of nitrogens with one attached hydrogen (secondary N) is 2. The van der Waals surface area contributed by atoms with Crippen LogP contribution in [0.25, 0.3) is 16.7 Å². The lowest BCUT2D eigenvalue weighted by atomic mass is 10.1. The molecular formula is C22H21N5O3S. The Kier molecular flexibility index (Phi) is 6.03. The van der Waals surface area contributed by atoms with Crippen LogP contribution in [0.3, 0.4) is 0 Å². The number of rotatable bonds is 7. The SMILES string of the molecule is CCc1ccc(NC(=O)CSc2nc3c(cnn3-c3ccccc3OC)c(=O)[nH]2)cc1. The lowest BCUT2D eigenvalue weighted by Crippen LogP contribution is -2.15. The Labute approximate surface area is 182 Å². The molecule has 2 N–H and O–H groups in total. The number of aromatic nitrogens is 4. The maximum absolute atomic E-state index is 12.5. The Morgan fingerprint density at radius 3 is 2.71 bits per heavy atom. The number of ether oxygens (including phenoxy) is 1. The summed E-state index contributed by atoms with van der Waals surface area (Å²) in [6.45, 7) is 2.08. The Morgan fingerprint density at radius 1 is 1.19 bits per heavy atom. The fourth-order valence-electron chi connectivity index (χ4n) is 3.10. The number of aryl methyl sites for hydroxylation is 1. The molecule has 0 spiro atoms. The summed E-state index contributed by atoms with van der Waals surface area (Å²) in [5.74, 6) is 0.528. The zero-order valence-electron chi connectivity index (χ0n) is 17.1. The van der Waals surface area contributed by atoms with Crippen molar-refractivity contribution in [2.24, 2.45) is 0 Å². The summed E-state index contributed by atoms with van der Waals surface area (Å²) >= 11 is 1.15. The quantitative estimate of drug-likeness (QED) is 0.341. The number of anilines is 1. The molecule has 8 nitrogen and oxygen atoms in total. The number of carbonyl (C=O) groups excluding carboxylic acids is 1. The molecule has 0 saturated carbocycles. The smallest absolute Gasteiger partial charge is 0.262 e. The molecule has 4 rings (SSSR count). The van der Waals surface area contributed by atoms with Gasteiger partial charge in [0.1, 0.15) is 16.8 Å². The van der Waals surface area contributed by atoms with Crippen molar-refractivity contribution in [1.29, 1.82) is 0 Å². The van der Waals surface area contributed by atoms with Crippen LogP contribution in [0, 0.1) is 0 Å². The van der Waals surface area contributed by atoms with E-state index in [2.05, 4.69) is 27.3 Å². The highest BCUT2D eigenvalue weighted by atomic mass is 32.2. The third-order valence-corrected chi connectivity index (χ3v) is 5.59. The number of benzene rings is 2. The molecule has 0 unspecified atom stereocenters. The van der Waals surface area contributed by atoms with Gasteiger partial charge >= 0.3 is 0 Å². The average Bonchev–Trinajstić information content (AvgIpc) is 3.22. The molecule has 4 aromatic rings. The van der Waals surface area contributed by atoms with Crippen molar-refractivity contribution >= 4 is 34.4 Å². The van der Waals surface area contributed by atoms with Gasteiger partial charge in [0, 0.05) is 5.69 Å². The van der Waals surface area contributed by atoms with Crippen LogP contribution in [0.2, 0.25) is 0 Å². The van der Waals surface area contributed by atoms with Crippen molar-refractivity contribution in [3.05, 3.63) is 70.6 Å². The van der Waals surface area contributed by atoms with Gasteiger partial charge in [0.25, 0.3) is 5.56 Å². The lowest BCUT2D eigenvalue weighted by Gasteiger charge is -2.09. The van der Waals surface area contributed by atoms with Crippen molar-refractivity contribution < 1.29 is 9.53 Å². The molecule has 0 fully saturated rings. The number of hydrogen-bond acceptors (Lipinski definition) is 6. The highest BCUT2D eigenvalue weighted by Crippen LogP contribution is 2.25. The first-order valence-corrected chi connectivity index (χ1v) is 10.7. The minimum Gasteiger partial charge on any atom is -0.494 e. The first-order valence-electron chi connectivity index (χ1n) is 9.72. The van der Waals surface area contributed by atoms with E-state index in [9.17, 15) is 9.59 Å². The second-order valence-corrected chi connectivity index (χ2v) is 7.69. The number of methoxy groups -OCH3 is 1. The number of thioether (sulfide) groups is 1. The molecular weight excluding hydrogens is 414 g/mol. The number of fused-ring (bicyclic) bond motifs is 1. The molecule has 0 aliphatic rings. The molecule has 0 radical (unpaired) electrons. The first kappa shape index (κ1) is 20.7. The average molecular weight is 436 g/mol. The number of carbonyl (C=O) groups is 1. The Balaban J connectivity index is 1.54. The van der Waals surface area contributed by atoms with Crippen molar-refractivity contribution in [1.82, 2.24) is 19.7 Å². The summed E-state index contributed by atoms with van der Waals surface area (Å²) in [6, 6.07) is 15.1. The van der Waals surface area contributed by atoms with Gasteiger partial charge < -0.3 is 15.0 Å². The summed E-state index contributed by atoms with van der Waals surface area (Å²) in [6.07, 6.45) is 2.41. The van der Waals surface area contributed by atoms with Crippen LogP contribution >= 0.6 is 11.8 Å². The van der Waals surface area contributed by atoms with Gasteiger partial charge in [-0.2, -0.15) is 5.10 Å². The number of para-hydroxylation sites is 2. The second kappa shape index (κ2) is 9.05. The summed E-state index contributed by atoms with van der Waals surface area (Å²) in [4.78, 5) is 32.1. The van der Waals surface area contributed by atoms with Crippen molar-refractivity contribution in [3.63, 3.8) is 0 Å². The zero-order chi connectivity index (χ0) is 21.8. The number of amides is 1. The molecule has 158 valence electrons. The zero-order valence-corrected chi connectivity index (χ0v) is 17.9. The van der Waals surface area contributed by atoms with Gasteiger partial charge in [-0.3, -0.25) is 9.59 Å². The van der Waals surface area contributed by atoms with Gasteiger partial charge in [-0.15, -0.1) is 0 Å². The fraction of sp³-hybridized carbons (Fsp3) is 0.182. The highest BCUT2D eigenvalue weighted by Gasteiger charge is 2.15. The predicted molar refractivity (Wildman–Crippen MR) is 121 cm³/mol. The van der Waals surface area contributed by atoms with Gasteiger partial charge in [0.05, 0.1) is 19.1 Å². The molecule has 31 heavy (non-hydrogen) atoms. The van der Waals surface area contributed by atoms with Crippen LogP contribution in [0.15, 0.2) is 64.7 Å². The van der Waals surface area contributed by atoms with Crippen LogP contribution < -0.4 is 15.6 Å². The topological polar surface area (TPSA) is 102 Å². The number of aromatic amines is 1. The minimum atomic E-state index is -0.316. The Morgan fingerprint density at radius 2 is 1.97 bits per heavy atom. The van der Waals surface area contributed by atoms with Crippen LogP contribution in [-0.4, -0.2) is 38.5 Å². The lowest BCUT2D eigenvalue weighted by molar-refractivity contribution is -0.113. The maximum Gasteiger partial charge on any atom is 0.262 e. The standard InChI is InChI=1S/C22H21N5O3S/c1-3-14-8-10-15(11-9-14)24-19(28)13-31-22-25-20-16(21(29)26-22)12-23-27(20)17-6-4-5-7-18(17)30-2/h4-12H,3,13H2,1-2H3,(H,24,28)(H,25,26,29). The summed E-state index contributed by atoms with van der Waals surface area (Å²) in [5.41, 5.74) is 2.68. The highest BCUT2D eigenvalue weighted by molar-refractivity contribution is 7.99. The summed E-state index contributed by atoms with van der Waals surface area (Å²) < 4.78 is 6.95. The molecule has 0 aliphatic heterocycles. The minimum absolute atomic E-state index is 0.104. The van der Waals surface area contributed by atoms with Crippen LogP contribution in [0.4, 0.5) is 5.69 Å². The monoisotopic (exact) mass is 435 g/mol. The van der Waals surface area contributed by atoms with E-state index in [-0.39, 0.29) is 17.2 Å². The van der Waals surface area contributed by atoms with Crippen molar-refractivity contribution in [2.45, 2.75) is 18.5 Å². The van der Waals surface area contributed by atoms with Crippen LogP contribution in [0.5, 0.6) is 5.75 Å².